The average molecular weight is 305 g/mol. The highest BCUT2D eigenvalue weighted by atomic mass is 16.2. The first-order chi connectivity index (χ1) is 10.3. The molecule has 0 saturated heterocycles. The zero-order chi connectivity index (χ0) is 16.7. The molecule has 1 atom stereocenters. The number of nitrogens with one attached hydrogen (secondary N) is 3. The number of anilines is 1. The van der Waals surface area contributed by atoms with E-state index in [4.69, 9.17) is 0 Å². The first kappa shape index (κ1) is 17.7. The fourth-order valence-electron chi connectivity index (χ4n) is 1.95. The molecule has 0 radical (unpaired) electrons. The molecule has 6 heteroatoms. The summed E-state index contributed by atoms with van der Waals surface area (Å²) < 4.78 is 0. The molecule has 1 unspecified atom stereocenters. The fraction of sp³-hybridized carbons (Fsp3) is 0.438. The van der Waals surface area contributed by atoms with Crippen molar-refractivity contribution in [2.24, 2.45) is 5.92 Å². The van der Waals surface area contributed by atoms with Crippen LogP contribution in [0.25, 0.3) is 0 Å². The van der Waals surface area contributed by atoms with Gasteiger partial charge in [0.1, 0.15) is 6.04 Å². The van der Waals surface area contributed by atoms with E-state index >= 15 is 0 Å². The minimum Gasteiger partial charge on any atom is -0.359 e. The number of carbonyl (C=O) groups excluding carboxylic acids is 3. The first-order valence-corrected chi connectivity index (χ1v) is 7.21. The predicted molar refractivity (Wildman–Crippen MR) is 85.3 cm³/mol. The number of likely N-dealkylation sites (N-methyl/N-ethyl adjacent to an activating group) is 1. The Bertz CT molecular complexity index is 538. The van der Waals surface area contributed by atoms with Crippen molar-refractivity contribution in [1.29, 1.82) is 0 Å². The highest BCUT2D eigenvalue weighted by Gasteiger charge is 2.22. The Hall–Kier alpha value is -2.37. The number of benzene rings is 1. The van der Waals surface area contributed by atoms with E-state index in [0.29, 0.717) is 12.1 Å². The molecule has 0 aliphatic rings. The topological polar surface area (TPSA) is 87.3 Å². The molecule has 0 fully saturated rings. The Morgan fingerprint density at radius 3 is 2.14 bits per heavy atom. The Morgan fingerprint density at radius 1 is 1.09 bits per heavy atom. The Morgan fingerprint density at radius 2 is 1.68 bits per heavy atom. The standard InChI is InChI=1S/C16H23N3O3/c1-10(2)15(18-11(3)20)16(22)19-13-7-5-12(6-8-13)9-14(21)17-4/h5-8,10,15H,9H2,1-4H3,(H,17,21)(H,18,20)(H,19,22). The maximum atomic E-state index is 12.2. The van der Waals surface area contributed by atoms with Crippen molar-refractivity contribution in [3.8, 4) is 0 Å². The second-order valence-electron chi connectivity index (χ2n) is 5.46. The summed E-state index contributed by atoms with van der Waals surface area (Å²) in [5.74, 6) is -0.585. The third kappa shape index (κ3) is 5.55. The minimum absolute atomic E-state index is 0.0172. The van der Waals surface area contributed by atoms with E-state index in [-0.39, 0.29) is 23.6 Å². The van der Waals surface area contributed by atoms with E-state index in [2.05, 4.69) is 16.0 Å². The van der Waals surface area contributed by atoms with E-state index in [1.165, 1.54) is 6.92 Å². The van der Waals surface area contributed by atoms with Crippen molar-refractivity contribution in [1.82, 2.24) is 10.6 Å². The molecule has 0 aliphatic heterocycles. The van der Waals surface area contributed by atoms with E-state index in [1.54, 1.807) is 31.3 Å². The van der Waals surface area contributed by atoms with Gasteiger partial charge < -0.3 is 16.0 Å². The fourth-order valence-corrected chi connectivity index (χ4v) is 1.95. The van der Waals surface area contributed by atoms with Gasteiger partial charge in [-0.25, -0.2) is 0 Å². The van der Waals surface area contributed by atoms with Gasteiger partial charge in [0.05, 0.1) is 6.42 Å². The van der Waals surface area contributed by atoms with Crippen LogP contribution in [0, 0.1) is 5.92 Å². The molecule has 22 heavy (non-hydrogen) atoms. The second-order valence-corrected chi connectivity index (χ2v) is 5.46. The van der Waals surface area contributed by atoms with Gasteiger partial charge in [0, 0.05) is 19.7 Å². The quantitative estimate of drug-likeness (QED) is 0.735. The van der Waals surface area contributed by atoms with Gasteiger partial charge in [-0.2, -0.15) is 0 Å². The van der Waals surface area contributed by atoms with Crippen LogP contribution in [-0.2, 0) is 20.8 Å². The molecule has 3 amide bonds. The number of hydrogen-bond donors (Lipinski definition) is 3. The third-order valence-corrected chi connectivity index (χ3v) is 3.17. The van der Waals surface area contributed by atoms with Crippen LogP contribution in [0.3, 0.4) is 0 Å². The van der Waals surface area contributed by atoms with Crippen LogP contribution in [0.2, 0.25) is 0 Å². The largest absolute Gasteiger partial charge is 0.359 e. The van der Waals surface area contributed by atoms with Crippen molar-refractivity contribution >= 4 is 23.4 Å². The molecule has 0 bridgehead atoms. The van der Waals surface area contributed by atoms with Crippen LogP contribution in [-0.4, -0.2) is 30.8 Å². The summed E-state index contributed by atoms with van der Waals surface area (Å²) in [6.07, 6.45) is 0.297. The van der Waals surface area contributed by atoms with Gasteiger partial charge in [-0.15, -0.1) is 0 Å². The molecule has 6 nitrogen and oxygen atoms in total. The van der Waals surface area contributed by atoms with Crippen LogP contribution < -0.4 is 16.0 Å². The Labute approximate surface area is 130 Å². The summed E-state index contributed by atoms with van der Waals surface area (Å²) in [6, 6.07) is 6.47. The molecule has 1 aromatic carbocycles. The number of carbonyl (C=O) groups is 3. The lowest BCUT2D eigenvalue weighted by Gasteiger charge is -2.21. The molecule has 0 spiro atoms. The summed E-state index contributed by atoms with van der Waals surface area (Å²) in [6.45, 7) is 5.12. The second kappa shape index (κ2) is 8.17. The smallest absolute Gasteiger partial charge is 0.247 e. The first-order valence-electron chi connectivity index (χ1n) is 7.21. The molecule has 3 N–H and O–H groups in total. The predicted octanol–water partition coefficient (Wildman–Crippen LogP) is 1.07. The highest BCUT2D eigenvalue weighted by molar-refractivity contribution is 5.97. The molecule has 0 saturated carbocycles. The van der Waals surface area contributed by atoms with E-state index in [1.807, 2.05) is 13.8 Å². The number of amides is 3. The normalized spacial score (nSPS) is 11.7. The third-order valence-electron chi connectivity index (χ3n) is 3.17. The Kier molecular flexibility index (Phi) is 6.56. The molecule has 0 heterocycles. The summed E-state index contributed by atoms with van der Waals surface area (Å²) in [5.41, 5.74) is 1.49. The van der Waals surface area contributed by atoms with Gasteiger partial charge in [0.15, 0.2) is 0 Å². The lowest BCUT2D eigenvalue weighted by Crippen LogP contribution is -2.46. The van der Waals surface area contributed by atoms with Gasteiger partial charge in [0.2, 0.25) is 17.7 Å². The van der Waals surface area contributed by atoms with Gasteiger partial charge in [-0.05, 0) is 23.6 Å². The molecule has 0 aliphatic carbocycles. The summed E-state index contributed by atoms with van der Waals surface area (Å²) in [5, 5.41) is 7.97. The van der Waals surface area contributed by atoms with Crippen LogP contribution in [0.15, 0.2) is 24.3 Å². The van der Waals surface area contributed by atoms with Crippen LogP contribution in [0.4, 0.5) is 5.69 Å². The summed E-state index contributed by atoms with van der Waals surface area (Å²) in [4.78, 5) is 34.7. The van der Waals surface area contributed by atoms with Gasteiger partial charge in [0.25, 0.3) is 0 Å². The average Bonchev–Trinajstić information content (AvgIpc) is 2.46. The van der Waals surface area contributed by atoms with Crippen LogP contribution >= 0.6 is 0 Å². The van der Waals surface area contributed by atoms with E-state index in [9.17, 15) is 14.4 Å². The maximum Gasteiger partial charge on any atom is 0.247 e. The van der Waals surface area contributed by atoms with Gasteiger partial charge in [-0.3, -0.25) is 14.4 Å². The number of rotatable bonds is 6. The van der Waals surface area contributed by atoms with Crippen molar-refractivity contribution in [2.75, 3.05) is 12.4 Å². The molecular weight excluding hydrogens is 282 g/mol. The van der Waals surface area contributed by atoms with E-state index < -0.39 is 6.04 Å². The lowest BCUT2D eigenvalue weighted by atomic mass is 10.0. The van der Waals surface area contributed by atoms with Crippen molar-refractivity contribution in [2.45, 2.75) is 33.2 Å². The van der Waals surface area contributed by atoms with Crippen LogP contribution in [0.1, 0.15) is 26.3 Å². The summed E-state index contributed by atoms with van der Waals surface area (Å²) >= 11 is 0. The molecule has 120 valence electrons. The molecule has 1 rings (SSSR count). The zero-order valence-corrected chi connectivity index (χ0v) is 13.4. The summed E-state index contributed by atoms with van der Waals surface area (Å²) in [7, 11) is 1.59. The van der Waals surface area contributed by atoms with Crippen molar-refractivity contribution in [3.63, 3.8) is 0 Å². The molecular formula is C16H23N3O3. The highest BCUT2D eigenvalue weighted by Crippen LogP contribution is 2.12. The van der Waals surface area contributed by atoms with Crippen molar-refractivity contribution < 1.29 is 14.4 Å². The lowest BCUT2D eigenvalue weighted by molar-refractivity contribution is -0.126. The minimum atomic E-state index is -0.581. The van der Waals surface area contributed by atoms with Gasteiger partial charge >= 0.3 is 0 Å². The monoisotopic (exact) mass is 305 g/mol. The van der Waals surface area contributed by atoms with Gasteiger partial charge in [-0.1, -0.05) is 26.0 Å². The molecule has 1 aromatic rings. The van der Waals surface area contributed by atoms with E-state index in [0.717, 1.165) is 5.56 Å². The SMILES string of the molecule is CNC(=O)Cc1ccc(NC(=O)C(NC(C)=O)C(C)C)cc1. The van der Waals surface area contributed by atoms with Crippen LogP contribution in [0.5, 0.6) is 0 Å². The van der Waals surface area contributed by atoms with Crippen molar-refractivity contribution in [3.05, 3.63) is 29.8 Å². The Balaban J connectivity index is 2.70. The zero-order valence-electron chi connectivity index (χ0n) is 13.4. The number of hydrogen-bond acceptors (Lipinski definition) is 3. The molecule has 0 aromatic heterocycles. The maximum absolute atomic E-state index is 12.2.